The number of hydrogen-bond donors (Lipinski definition) is 1. The fourth-order valence-corrected chi connectivity index (χ4v) is 6.30. The summed E-state index contributed by atoms with van der Waals surface area (Å²) in [7, 11) is 1.78. The highest BCUT2D eigenvalue weighted by Crippen LogP contribution is 2.41. The minimum Gasteiger partial charge on any atom is -0.493 e. The van der Waals surface area contributed by atoms with Crippen molar-refractivity contribution in [3.8, 4) is 16.3 Å². The molecule has 4 aromatic rings. The van der Waals surface area contributed by atoms with Gasteiger partial charge in [0.1, 0.15) is 5.75 Å². The van der Waals surface area contributed by atoms with Crippen LogP contribution >= 0.6 is 11.3 Å². The molecule has 35 heavy (non-hydrogen) atoms. The number of carboxylic acids is 1. The molecule has 6 heteroatoms. The molecule has 0 bridgehead atoms. The molecule has 0 spiro atoms. The molecule has 2 aromatic heterocycles. The molecule has 2 heterocycles. The summed E-state index contributed by atoms with van der Waals surface area (Å²) >= 11 is 1.65. The molecule has 1 aliphatic carbocycles. The van der Waals surface area contributed by atoms with Crippen molar-refractivity contribution in [2.45, 2.75) is 52.1 Å². The van der Waals surface area contributed by atoms with Crippen molar-refractivity contribution in [2.75, 3.05) is 13.7 Å². The third-order valence-electron chi connectivity index (χ3n) is 7.56. The van der Waals surface area contributed by atoms with E-state index in [-0.39, 0.29) is 11.2 Å². The topological polar surface area (TPSA) is 68.7 Å². The smallest absolute Gasteiger partial charge is 0.336 e. The minimum absolute atomic E-state index is 0.0470. The van der Waals surface area contributed by atoms with Crippen LogP contribution in [0.3, 0.4) is 0 Å². The number of thiophene rings is 1. The van der Waals surface area contributed by atoms with E-state index in [1.807, 2.05) is 31.2 Å². The first-order valence-electron chi connectivity index (χ1n) is 12.1. The zero-order valence-corrected chi connectivity index (χ0v) is 21.5. The molecule has 0 saturated heterocycles. The van der Waals surface area contributed by atoms with Crippen LogP contribution in [0.2, 0.25) is 0 Å². The number of nitrogens with zero attached hydrogens (tertiary/aromatic N) is 1. The summed E-state index contributed by atoms with van der Waals surface area (Å²) in [6.07, 6.45) is 4.08. The van der Waals surface area contributed by atoms with Crippen molar-refractivity contribution in [3.63, 3.8) is 0 Å². The van der Waals surface area contributed by atoms with Crippen LogP contribution in [0, 0.1) is 19.8 Å². The standard InChI is InChI=1S/C29H31NO4S/c1-17-9-10-23(34-16-19-11-13-29(3,33-4)14-12-19)25-21(28(31)32)15-22(30-26(17)25)27-18(2)20-7-5-6-8-24(20)35-27/h5-10,15,19H,11-14,16H2,1-4H3,(H,31,32)/t19-,29+. The quantitative estimate of drug-likeness (QED) is 0.305. The first-order valence-corrected chi connectivity index (χ1v) is 13.0. The molecule has 182 valence electrons. The lowest BCUT2D eigenvalue weighted by Crippen LogP contribution is -2.34. The fraction of sp³-hybridized carbons (Fsp3) is 0.379. The first-order chi connectivity index (χ1) is 16.8. The number of pyridine rings is 1. The highest BCUT2D eigenvalue weighted by molar-refractivity contribution is 7.22. The Hall–Kier alpha value is -2.96. The number of ether oxygens (including phenoxy) is 2. The molecular weight excluding hydrogens is 458 g/mol. The number of aryl methyl sites for hydroxylation is 2. The van der Waals surface area contributed by atoms with Crippen molar-refractivity contribution in [3.05, 3.63) is 59.2 Å². The summed E-state index contributed by atoms with van der Waals surface area (Å²) in [6, 6.07) is 13.8. The zero-order valence-electron chi connectivity index (χ0n) is 20.7. The van der Waals surface area contributed by atoms with E-state index >= 15 is 0 Å². The summed E-state index contributed by atoms with van der Waals surface area (Å²) in [5.74, 6) is 0.0490. The number of aromatic carboxylic acids is 1. The number of rotatable bonds is 6. The number of benzene rings is 2. The molecule has 1 saturated carbocycles. The highest BCUT2D eigenvalue weighted by atomic mass is 32.1. The number of carboxylic acid groups (broad SMARTS) is 1. The Bertz CT molecular complexity index is 1420. The molecule has 5 rings (SSSR count). The van der Waals surface area contributed by atoms with Gasteiger partial charge < -0.3 is 14.6 Å². The van der Waals surface area contributed by atoms with Crippen molar-refractivity contribution in [1.29, 1.82) is 0 Å². The Morgan fingerprint density at radius 3 is 2.60 bits per heavy atom. The Morgan fingerprint density at radius 2 is 1.91 bits per heavy atom. The second kappa shape index (κ2) is 9.25. The lowest BCUT2D eigenvalue weighted by Gasteiger charge is -2.36. The van der Waals surface area contributed by atoms with E-state index in [0.29, 0.717) is 34.9 Å². The summed E-state index contributed by atoms with van der Waals surface area (Å²) in [4.78, 5) is 18.4. The number of aromatic nitrogens is 1. The third-order valence-corrected chi connectivity index (χ3v) is 8.86. The molecule has 1 fully saturated rings. The van der Waals surface area contributed by atoms with Crippen molar-refractivity contribution in [1.82, 2.24) is 4.98 Å². The van der Waals surface area contributed by atoms with Crippen LogP contribution in [-0.2, 0) is 4.74 Å². The Labute approximate surface area is 209 Å². The molecule has 0 aliphatic heterocycles. The summed E-state index contributed by atoms with van der Waals surface area (Å²) in [5.41, 5.74) is 3.62. The molecule has 5 nitrogen and oxygen atoms in total. The third kappa shape index (κ3) is 4.41. The average molecular weight is 490 g/mol. The second-order valence-electron chi connectivity index (χ2n) is 9.93. The van der Waals surface area contributed by atoms with Gasteiger partial charge in [0.25, 0.3) is 0 Å². The number of methoxy groups -OCH3 is 1. The number of hydrogen-bond acceptors (Lipinski definition) is 5. The van der Waals surface area contributed by atoms with Gasteiger partial charge in [0.15, 0.2) is 0 Å². The van der Waals surface area contributed by atoms with E-state index in [2.05, 4.69) is 26.0 Å². The summed E-state index contributed by atoms with van der Waals surface area (Å²) < 4.78 is 13.1. The fourth-order valence-electron chi connectivity index (χ4n) is 5.13. The van der Waals surface area contributed by atoms with Gasteiger partial charge >= 0.3 is 5.97 Å². The van der Waals surface area contributed by atoms with E-state index < -0.39 is 5.97 Å². The maximum Gasteiger partial charge on any atom is 0.336 e. The predicted octanol–water partition coefficient (Wildman–Crippen LogP) is 7.41. The van der Waals surface area contributed by atoms with E-state index in [0.717, 1.165) is 41.7 Å². The van der Waals surface area contributed by atoms with Gasteiger partial charge in [0.2, 0.25) is 0 Å². The van der Waals surface area contributed by atoms with Crippen LogP contribution in [0.25, 0.3) is 31.6 Å². The Balaban J connectivity index is 1.53. The van der Waals surface area contributed by atoms with Gasteiger partial charge in [-0.05, 0) is 87.1 Å². The van der Waals surface area contributed by atoms with Crippen LogP contribution < -0.4 is 4.74 Å². The van der Waals surface area contributed by atoms with Crippen molar-refractivity contribution < 1.29 is 19.4 Å². The van der Waals surface area contributed by atoms with E-state index in [9.17, 15) is 9.90 Å². The maximum absolute atomic E-state index is 12.4. The van der Waals surface area contributed by atoms with E-state index in [1.165, 1.54) is 10.1 Å². The first kappa shape index (κ1) is 23.8. The van der Waals surface area contributed by atoms with E-state index in [4.69, 9.17) is 14.5 Å². The minimum atomic E-state index is -0.971. The monoisotopic (exact) mass is 489 g/mol. The molecule has 0 radical (unpaired) electrons. The van der Waals surface area contributed by atoms with Crippen LogP contribution in [0.5, 0.6) is 5.75 Å². The van der Waals surface area contributed by atoms with Crippen molar-refractivity contribution >= 4 is 38.3 Å². The zero-order chi connectivity index (χ0) is 24.7. The molecule has 0 unspecified atom stereocenters. The highest BCUT2D eigenvalue weighted by Gasteiger charge is 2.31. The van der Waals surface area contributed by atoms with Gasteiger partial charge in [0.05, 0.1) is 39.2 Å². The largest absolute Gasteiger partial charge is 0.493 e. The van der Waals surface area contributed by atoms with Gasteiger partial charge in [0, 0.05) is 11.8 Å². The summed E-state index contributed by atoms with van der Waals surface area (Å²) in [6.45, 7) is 6.77. The number of carbonyl (C=O) groups is 1. The molecular formula is C29H31NO4S. The lowest BCUT2D eigenvalue weighted by atomic mass is 9.80. The van der Waals surface area contributed by atoms with Gasteiger partial charge in [-0.2, -0.15) is 0 Å². The molecule has 0 amide bonds. The molecule has 1 aliphatic rings. The molecule has 0 atom stereocenters. The van der Waals surface area contributed by atoms with Gasteiger partial charge in [-0.3, -0.25) is 0 Å². The van der Waals surface area contributed by atoms with Gasteiger partial charge in [-0.15, -0.1) is 11.3 Å². The van der Waals surface area contributed by atoms with Gasteiger partial charge in [-0.25, -0.2) is 9.78 Å². The summed E-state index contributed by atoms with van der Waals surface area (Å²) in [5, 5.41) is 11.9. The normalized spacial score (nSPS) is 20.4. The van der Waals surface area contributed by atoms with Crippen LogP contribution in [0.4, 0.5) is 0 Å². The van der Waals surface area contributed by atoms with E-state index in [1.54, 1.807) is 24.5 Å². The van der Waals surface area contributed by atoms with Crippen LogP contribution in [0.1, 0.15) is 54.1 Å². The SMILES string of the molecule is CO[C@]1(C)CC[C@H](COc2ccc(C)c3nc(-c4sc5ccccc5c4C)cc(C(=O)O)c23)CC1. The Kier molecular flexibility index (Phi) is 6.28. The second-order valence-corrected chi connectivity index (χ2v) is 11.0. The van der Waals surface area contributed by atoms with Crippen LogP contribution in [0.15, 0.2) is 42.5 Å². The lowest BCUT2D eigenvalue weighted by molar-refractivity contribution is -0.0377. The number of fused-ring (bicyclic) bond motifs is 2. The molecule has 2 aromatic carbocycles. The van der Waals surface area contributed by atoms with Gasteiger partial charge in [-0.1, -0.05) is 24.3 Å². The van der Waals surface area contributed by atoms with Crippen LogP contribution in [-0.4, -0.2) is 35.4 Å². The van der Waals surface area contributed by atoms with Crippen molar-refractivity contribution in [2.24, 2.45) is 5.92 Å². The average Bonchev–Trinajstić information content (AvgIpc) is 3.20. The molecule has 1 N–H and O–H groups in total. The maximum atomic E-state index is 12.4. The predicted molar refractivity (Wildman–Crippen MR) is 142 cm³/mol. The Morgan fingerprint density at radius 1 is 1.17 bits per heavy atom.